The molecule has 0 aliphatic carbocycles. The predicted octanol–water partition coefficient (Wildman–Crippen LogP) is 0.914. The molecule has 4 heteroatoms. The standard InChI is InChI=1S/C11H22N2O2.H2/c1-6-8(2)11(9(3)14)12-10(15)7-13(4)5;/h8,11H,6-7H2,1-5H3,(H,12,15);1H/t8-,11-;/m0./s1. The van der Waals surface area contributed by atoms with Gasteiger partial charge in [-0.1, -0.05) is 20.3 Å². The molecule has 0 aliphatic rings. The van der Waals surface area contributed by atoms with Crippen LogP contribution in [-0.2, 0) is 9.59 Å². The monoisotopic (exact) mass is 216 g/mol. The Bertz CT molecular complexity index is 232. The molecule has 1 N–H and O–H groups in total. The fourth-order valence-electron chi connectivity index (χ4n) is 1.39. The average Bonchev–Trinajstić information content (AvgIpc) is 2.11. The summed E-state index contributed by atoms with van der Waals surface area (Å²) in [6.45, 7) is 5.83. The Morgan fingerprint density at radius 2 is 1.93 bits per heavy atom. The van der Waals surface area contributed by atoms with Gasteiger partial charge in [-0.15, -0.1) is 0 Å². The molecule has 0 fully saturated rings. The molecule has 0 radical (unpaired) electrons. The van der Waals surface area contributed by atoms with Gasteiger partial charge in [0.2, 0.25) is 5.91 Å². The first-order valence-electron chi connectivity index (χ1n) is 5.33. The third-order valence-corrected chi connectivity index (χ3v) is 2.43. The van der Waals surface area contributed by atoms with Gasteiger partial charge in [-0.2, -0.15) is 0 Å². The van der Waals surface area contributed by atoms with Gasteiger partial charge in [-0.25, -0.2) is 0 Å². The Morgan fingerprint density at radius 1 is 1.40 bits per heavy atom. The Balaban J connectivity index is 0. The number of carbonyl (C=O) groups is 2. The summed E-state index contributed by atoms with van der Waals surface area (Å²) in [5.74, 6) is 0.116. The van der Waals surface area contributed by atoms with E-state index in [1.165, 1.54) is 6.92 Å². The smallest absolute Gasteiger partial charge is 0.234 e. The van der Waals surface area contributed by atoms with E-state index < -0.39 is 0 Å². The van der Waals surface area contributed by atoms with E-state index in [0.717, 1.165) is 6.42 Å². The fourth-order valence-corrected chi connectivity index (χ4v) is 1.39. The maximum atomic E-state index is 11.5. The van der Waals surface area contributed by atoms with Crippen molar-refractivity contribution in [2.45, 2.75) is 33.2 Å². The Hall–Kier alpha value is -0.900. The molecule has 4 nitrogen and oxygen atoms in total. The molecule has 0 aromatic heterocycles. The molecule has 0 aliphatic heterocycles. The molecule has 0 bridgehead atoms. The molecule has 0 saturated heterocycles. The lowest BCUT2D eigenvalue weighted by Gasteiger charge is -2.22. The van der Waals surface area contributed by atoms with Crippen LogP contribution in [0.5, 0.6) is 0 Å². The van der Waals surface area contributed by atoms with Crippen molar-refractivity contribution in [1.29, 1.82) is 0 Å². The number of nitrogens with one attached hydrogen (secondary N) is 1. The number of hydrogen-bond donors (Lipinski definition) is 1. The molecule has 0 unspecified atom stereocenters. The van der Waals surface area contributed by atoms with E-state index in [-0.39, 0.29) is 25.1 Å². The second kappa shape index (κ2) is 6.56. The van der Waals surface area contributed by atoms with E-state index >= 15 is 0 Å². The summed E-state index contributed by atoms with van der Waals surface area (Å²) >= 11 is 0. The molecule has 0 aromatic carbocycles. The lowest BCUT2D eigenvalue weighted by Crippen LogP contribution is -2.46. The van der Waals surface area contributed by atoms with Gasteiger partial charge < -0.3 is 10.2 Å². The van der Waals surface area contributed by atoms with Crippen molar-refractivity contribution in [1.82, 2.24) is 10.2 Å². The summed E-state index contributed by atoms with van der Waals surface area (Å²) in [5, 5.41) is 2.77. The van der Waals surface area contributed by atoms with Crippen LogP contribution in [0.4, 0.5) is 0 Å². The van der Waals surface area contributed by atoms with Crippen LogP contribution in [0.25, 0.3) is 0 Å². The quantitative estimate of drug-likeness (QED) is 0.718. The van der Waals surface area contributed by atoms with Gasteiger partial charge in [0, 0.05) is 1.43 Å². The molecule has 15 heavy (non-hydrogen) atoms. The van der Waals surface area contributed by atoms with Gasteiger partial charge in [0.25, 0.3) is 0 Å². The summed E-state index contributed by atoms with van der Waals surface area (Å²) in [7, 11) is 3.65. The van der Waals surface area contributed by atoms with Crippen LogP contribution < -0.4 is 5.32 Å². The topological polar surface area (TPSA) is 49.4 Å². The lowest BCUT2D eigenvalue weighted by atomic mass is 9.96. The van der Waals surface area contributed by atoms with Crippen molar-refractivity contribution >= 4 is 11.7 Å². The normalized spacial score (nSPS) is 14.8. The van der Waals surface area contributed by atoms with Gasteiger partial charge in [0.05, 0.1) is 12.6 Å². The molecule has 0 aromatic rings. The molecule has 0 saturated carbocycles. The third kappa shape index (κ3) is 5.52. The molecule has 1 amide bonds. The number of hydrogen-bond acceptors (Lipinski definition) is 3. The van der Waals surface area contributed by atoms with Crippen molar-refractivity contribution < 1.29 is 11.0 Å². The highest BCUT2D eigenvalue weighted by molar-refractivity contribution is 5.88. The van der Waals surface area contributed by atoms with Crippen LogP contribution in [0.2, 0.25) is 0 Å². The Labute approximate surface area is 93.5 Å². The lowest BCUT2D eigenvalue weighted by molar-refractivity contribution is -0.128. The molecular formula is C11H24N2O2. The van der Waals surface area contributed by atoms with E-state index in [1.807, 2.05) is 27.9 Å². The minimum absolute atomic E-state index is 0. The van der Waals surface area contributed by atoms with Gasteiger partial charge >= 0.3 is 0 Å². The highest BCUT2D eigenvalue weighted by atomic mass is 16.2. The predicted molar refractivity (Wildman–Crippen MR) is 62.7 cm³/mol. The van der Waals surface area contributed by atoms with Crippen molar-refractivity contribution in [2.75, 3.05) is 20.6 Å². The first kappa shape index (κ1) is 14.1. The van der Waals surface area contributed by atoms with Crippen LogP contribution in [0, 0.1) is 5.92 Å². The van der Waals surface area contributed by atoms with Gasteiger partial charge in [0.1, 0.15) is 0 Å². The van der Waals surface area contributed by atoms with E-state index in [0.29, 0.717) is 6.54 Å². The van der Waals surface area contributed by atoms with E-state index in [2.05, 4.69) is 5.32 Å². The van der Waals surface area contributed by atoms with E-state index in [1.54, 1.807) is 4.90 Å². The highest BCUT2D eigenvalue weighted by Crippen LogP contribution is 2.08. The molecule has 0 spiro atoms. The number of nitrogens with zero attached hydrogens (tertiary/aromatic N) is 1. The average molecular weight is 216 g/mol. The maximum absolute atomic E-state index is 11.5. The van der Waals surface area contributed by atoms with Crippen LogP contribution >= 0.6 is 0 Å². The molecule has 0 heterocycles. The van der Waals surface area contributed by atoms with E-state index in [4.69, 9.17) is 0 Å². The zero-order valence-electron chi connectivity index (χ0n) is 10.3. The van der Waals surface area contributed by atoms with Crippen LogP contribution in [0.15, 0.2) is 0 Å². The zero-order valence-corrected chi connectivity index (χ0v) is 10.3. The number of ketones is 1. The minimum atomic E-state index is -0.345. The molecular weight excluding hydrogens is 192 g/mol. The van der Waals surface area contributed by atoms with Crippen LogP contribution in [0.1, 0.15) is 28.6 Å². The number of amides is 1. The molecule has 0 rings (SSSR count). The maximum Gasteiger partial charge on any atom is 0.234 e. The second-order valence-electron chi connectivity index (χ2n) is 4.28. The Kier molecular flexibility index (Phi) is 6.17. The van der Waals surface area contributed by atoms with Gasteiger partial charge in [-0.3, -0.25) is 9.59 Å². The largest absolute Gasteiger partial charge is 0.345 e. The number of likely N-dealkylation sites (N-methyl/N-ethyl adjacent to an activating group) is 1. The van der Waals surface area contributed by atoms with Crippen molar-refractivity contribution in [3.8, 4) is 0 Å². The van der Waals surface area contributed by atoms with Crippen molar-refractivity contribution in [2.24, 2.45) is 5.92 Å². The number of Topliss-reactive ketones (excluding diaryl/α,β-unsaturated/α-hetero) is 1. The van der Waals surface area contributed by atoms with Gasteiger partial charge in [0.15, 0.2) is 5.78 Å². The van der Waals surface area contributed by atoms with Crippen LogP contribution in [-0.4, -0.2) is 43.3 Å². The molecule has 2 atom stereocenters. The highest BCUT2D eigenvalue weighted by Gasteiger charge is 2.22. The van der Waals surface area contributed by atoms with E-state index in [9.17, 15) is 9.59 Å². The molecule has 90 valence electrons. The first-order chi connectivity index (χ1) is 6.88. The van der Waals surface area contributed by atoms with Crippen LogP contribution in [0.3, 0.4) is 0 Å². The summed E-state index contributed by atoms with van der Waals surface area (Å²) in [5.41, 5.74) is 0. The van der Waals surface area contributed by atoms with Crippen molar-refractivity contribution in [3.63, 3.8) is 0 Å². The first-order valence-corrected chi connectivity index (χ1v) is 5.33. The van der Waals surface area contributed by atoms with Crippen molar-refractivity contribution in [3.05, 3.63) is 0 Å². The zero-order chi connectivity index (χ0) is 12.0. The summed E-state index contributed by atoms with van der Waals surface area (Å²) < 4.78 is 0. The Morgan fingerprint density at radius 3 is 2.27 bits per heavy atom. The SMILES string of the molecule is CC[C@H](C)[C@H](NC(=O)CN(C)C)C(C)=O.[HH]. The summed E-state index contributed by atoms with van der Waals surface area (Å²) in [4.78, 5) is 24.6. The third-order valence-electron chi connectivity index (χ3n) is 2.43. The minimum Gasteiger partial charge on any atom is -0.345 e. The number of rotatable bonds is 6. The number of carbonyl (C=O) groups excluding carboxylic acids is 2. The second-order valence-corrected chi connectivity index (χ2v) is 4.28. The fraction of sp³-hybridized carbons (Fsp3) is 0.818. The summed E-state index contributed by atoms with van der Waals surface area (Å²) in [6, 6.07) is -0.345. The summed E-state index contributed by atoms with van der Waals surface area (Å²) in [6.07, 6.45) is 0.881. The van der Waals surface area contributed by atoms with Gasteiger partial charge in [-0.05, 0) is 26.9 Å².